The fourth-order valence-electron chi connectivity index (χ4n) is 2.08. The van der Waals surface area contributed by atoms with Gasteiger partial charge in [0.15, 0.2) is 0 Å². The number of rotatable bonds is 1. The van der Waals surface area contributed by atoms with Crippen LogP contribution >= 0.6 is 27.3 Å². The maximum atomic E-state index is 4.49. The van der Waals surface area contributed by atoms with E-state index in [0.717, 1.165) is 17.4 Å². The molecule has 1 atom stereocenters. The van der Waals surface area contributed by atoms with Crippen LogP contribution in [0.4, 0.5) is 0 Å². The second kappa shape index (κ2) is 3.68. The fraction of sp³-hybridized carbons (Fsp3) is 0.273. The molecule has 76 valence electrons. The Kier molecular flexibility index (Phi) is 2.33. The molecule has 2 heterocycles. The second-order valence-corrected chi connectivity index (χ2v) is 5.35. The molecule has 2 aromatic heterocycles. The highest BCUT2D eigenvalue weighted by Gasteiger charge is 2.27. The summed E-state index contributed by atoms with van der Waals surface area (Å²) in [6, 6.07) is 4.18. The van der Waals surface area contributed by atoms with Crippen LogP contribution in [0, 0.1) is 0 Å². The third-order valence-electron chi connectivity index (χ3n) is 2.75. The molecule has 1 aliphatic rings. The first-order chi connectivity index (χ1) is 7.34. The van der Waals surface area contributed by atoms with Gasteiger partial charge in [-0.1, -0.05) is 6.07 Å². The molecule has 4 heteroatoms. The van der Waals surface area contributed by atoms with Gasteiger partial charge in [-0.05, 0) is 40.4 Å². The average molecular weight is 281 g/mol. The topological polar surface area (TPSA) is 25.8 Å². The minimum absolute atomic E-state index is 0.414. The van der Waals surface area contributed by atoms with Crippen molar-refractivity contribution in [3.63, 3.8) is 0 Å². The van der Waals surface area contributed by atoms with E-state index in [9.17, 15) is 0 Å². The van der Waals surface area contributed by atoms with Crippen LogP contribution in [0.2, 0.25) is 0 Å². The van der Waals surface area contributed by atoms with Gasteiger partial charge in [-0.15, -0.1) is 11.3 Å². The van der Waals surface area contributed by atoms with E-state index in [1.807, 2.05) is 17.6 Å². The maximum Gasteiger partial charge on any atom is 0.117 e. The molecule has 2 nitrogen and oxygen atoms in total. The van der Waals surface area contributed by atoms with Crippen molar-refractivity contribution in [3.05, 3.63) is 44.6 Å². The number of fused-ring (bicyclic) bond motifs is 1. The SMILES string of the molecule is Brc1csc(C2CCc3cccnc32)n1. The Labute approximate surface area is 101 Å². The molecule has 2 aromatic rings. The van der Waals surface area contributed by atoms with E-state index in [-0.39, 0.29) is 0 Å². The van der Waals surface area contributed by atoms with Gasteiger partial charge in [0.1, 0.15) is 9.61 Å². The molecule has 1 unspecified atom stereocenters. The first kappa shape index (κ1) is 9.48. The van der Waals surface area contributed by atoms with Gasteiger partial charge in [0.05, 0.1) is 11.6 Å². The van der Waals surface area contributed by atoms with Gasteiger partial charge in [-0.3, -0.25) is 4.98 Å². The third-order valence-corrected chi connectivity index (χ3v) is 4.42. The summed E-state index contributed by atoms with van der Waals surface area (Å²) in [5, 5.41) is 3.22. The lowest BCUT2D eigenvalue weighted by Crippen LogP contribution is -1.97. The molecule has 0 amide bonds. The van der Waals surface area contributed by atoms with E-state index < -0.39 is 0 Å². The number of thiazole rings is 1. The van der Waals surface area contributed by atoms with Gasteiger partial charge in [0.2, 0.25) is 0 Å². The fourth-order valence-corrected chi connectivity index (χ4v) is 3.48. The van der Waals surface area contributed by atoms with Crippen molar-refractivity contribution in [1.29, 1.82) is 0 Å². The number of aromatic nitrogens is 2. The van der Waals surface area contributed by atoms with Crippen molar-refractivity contribution >= 4 is 27.3 Å². The van der Waals surface area contributed by atoms with E-state index >= 15 is 0 Å². The predicted octanol–water partition coefficient (Wildman–Crippen LogP) is 3.38. The number of hydrogen-bond donors (Lipinski definition) is 0. The number of hydrogen-bond acceptors (Lipinski definition) is 3. The van der Waals surface area contributed by atoms with Crippen molar-refractivity contribution in [2.45, 2.75) is 18.8 Å². The first-order valence-electron chi connectivity index (χ1n) is 4.89. The molecule has 15 heavy (non-hydrogen) atoms. The van der Waals surface area contributed by atoms with Gasteiger partial charge >= 0.3 is 0 Å². The highest BCUT2D eigenvalue weighted by Crippen LogP contribution is 2.38. The maximum absolute atomic E-state index is 4.49. The Morgan fingerprint density at radius 2 is 2.40 bits per heavy atom. The molecule has 0 aromatic carbocycles. The predicted molar refractivity (Wildman–Crippen MR) is 64.2 cm³/mol. The molecular weight excluding hydrogens is 272 g/mol. The second-order valence-electron chi connectivity index (χ2n) is 3.65. The molecular formula is C11H9BrN2S. The van der Waals surface area contributed by atoms with Crippen LogP contribution in [0.1, 0.15) is 28.6 Å². The van der Waals surface area contributed by atoms with Gasteiger partial charge in [-0.25, -0.2) is 4.98 Å². The van der Waals surface area contributed by atoms with Crippen LogP contribution in [-0.4, -0.2) is 9.97 Å². The monoisotopic (exact) mass is 280 g/mol. The van der Waals surface area contributed by atoms with Crippen molar-refractivity contribution in [3.8, 4) is 0 Å². The summed E-state index contributed by atoms with van der Waals surface area (Å²) in [4.78, 5) is 8.96. The Morgan fingerprint density at radius 3 is 3.20 bits per heavy atom. The van der Waals surface area contributed by atoms with Crippen LogP contribution in [-0.2, 0) is 6.42 Å². The van der Waals surface area contributed by atoms with Crippen LogP contribution in [0.15, 0.2) is 28.3 Å². The van der Waals surface area contributed by atoms with Gasteiger partial charge in [0, 0.05) is 11.6 Å². The zero-order chi connectivity index (χ0) is 10.3. The summed E-state index contributed by atoms with van der Waals surface area (Å²) in [6.45, 7) is 0. The summed E-state index contributed by atoms with van der Waals surface area (Å²) in [5.74, 6) is 0.414. The molecule has 0 aliphatic heterocycles. The number of halogens is 1. The molecule has 0 spiro atoms. The lowest BCUT2D eigenvalue weighted by molar-refractivity contribution is 0.763. The van der Waals surface area contributed by atoms with Crippen LogP contribution in [0.3, 0.4) is 0 Å². The van der Waals surface area contributed by atoms with E-state index in [4.69, 9.17) is 0 Å². The minimum atomic E-state index is 0.414. The summed E-state index contributed by atoms with van der Waals surface area (Å²) < 4.78 is 0.937. The molecule has 0 fully saturated rings. The Bertz CT molecular complexity index is 495. The quantitative estimate of drug-likeness (QED) is 0.800. The van der Waals surface area contributed by atoms with Gasteiger partial charge < -0.3 is 0 Å². The molecule has 0 N–H and O–H groups in total. The van der Waals surface area contributed by atoms with Crippen LogP contribution in [0.25, 0.3) is 0 Å². The lowest BCUT2D eigenvalue weighted by atomic mass is 10.1. The van der Waals surface area contributed by atoms with Crippen molar-refractivity contribution < 1.29 is 0 Å². The van der Waals surface area contributed by atoms with Crippen molar-refractivity contribution in [1.82, 2.24) is 9.97 Å². The average Bonchev–Trinajstić information content (AvgIpc) is 2.83. The van der Waals surface area contributed by atoms with E-state index in [2.05, 4.69) is 32.0 Å². The van der Waals surface area contributed by atoms with E-state index in [1.54, 1.807) is 11.3 Å². The van der Waals surface area contributed by atoms with Crippen molar-refractivity contribution in [2.24, 2.45) is 0 Å². The highest BCUT2D eigenvalue weighted by atomic mass is 79.9. The largest absolute Gasteiger partial charge is 0.260 e. The smallest absolute Gasteiger partial charge is 0.117 e. The molecule has 0 bridgehead atoms. The van der Waals surface area contributed by atoms with Gasteiger partial charge in [-0.2, -0.15) is 0 Å². The van der Waals surface area contributed by atoms with Crippen LogP contribution in [0.5, 0.6) is 0 Å². The van der Waals surface area contributed by atoms with E-state index in [1.165, 1.54) is 16.3 Å². The number of pyridine rings is 1. The zero-order valence-corrected chi connectivity index (χ0v) is 10.4. The Balaban J connectivity index is 2.04. The third kappa shape index (κ3) is 1.62. The Hall–Kier alpha value is -0.740. The Morgan fingerprint density at radius 1 is 1.47 bits per heavy atom. The lowest BCUT2D eigenvalue weighted by Gasteiger charge is -2.05. The van der Waals surface area contributed by atoms with Crippen LogP contribution < -0.4 is 0 Å². The molecule has 1 aliphatic carbocycles. The first-order valence-corrected chi connectivity index (χ1v) is 6.56. The summed E-state index contributed by atoms with van der Waals surface area (Å²) in [7, 11) is 0. The zero-order valence-electron chi connectivity index (χ0n) is 7.98. The summed E-state index contributed by atoms with van der Waals surface area (Å²) in [5.41, 5.74) is 2.60. The summed E-state index contributed by atoms with van der Waals surface area (Å²) in [6.07, 6.45) is 4.15. The minimum Gasteiger partial charge on any atom is -0.260 e. The molecule has 0 radical (unpaired) electrons. The number of nitrogens with zero attached hydrogens (tertiary/aromatic N) is 2. The van der Waals surface area contributed by atoms with Gasteiger partial charge in [0.25, 0.3) is 0 Å². The molecule has 3 rings (SSSR count). The number of aryl methyl sites for hydroxylation is 1. The van der Waals surface area contributed by atoms with E-state index in [0.29, 0.717) is 5.92 Å². The molecule has 0 saturated heterocycles. The normalized spacial score (nSPS) is 19.1. The van der Waals surface area contributed by atoms with Crippen molar-refractivity contribution in [2.75, 3.05) is 0 Å². The summed E-state index contributed by atoms with van der Waals surface area (Å²) >= 11 is 5.11. The highest BCUT2D eigenvalue weighted by molar-refractivity contribution is 9.10. The molecule has 0 saturated carbocycles. The standard InChI is InChI=1S/C11H9BrN2S/c12-9-6-15-11(14-9)8-4-3-7-2-1-5-13-10(7)8/h1-2,5-6,8H,3-4H2.